The summed E-state index contributed by atoms with van der Waals surface area (Å²) >= 11 is 6.46. The molecule has 0 heterocycles. The van der Waals surface area contributed by atoms with Gasteiger partial charge >= 0.3 is 0 Å². The van der Waals surface area contributed by atoms with E-state index in [1.54, 1.807) is 11.1 Å². The highest BCUT2D eigenvalue weighted by molar-refractivity contribution is 6.17. The number of halogens is 1. The summed E-state index contributed by atoms with van der Waals surface area (Å²) in [7, 11) is 0. The molecule has 1 aliphatic carbocycles. The Bertz CT molecular complexity index is 729. The minimum Gasteiger partial charge on any atom is -0.493 e. The quantitative estimate of drug-likeness (QED) is 0.186. The average molecular weight is 475 g/mol. The highest BCUT2D eigenvalue weighted by Crippen LogP contribution is 2.45. The summed E-state index contributed by atoms with van der Waals surface area (Å²) < 4.78 is 6.74. The molecule has 0 N–H and O–H groups in total. The van der Waals surface area contributed by atoms with Gasteiger partial charge in [-0.3, -0.25) is 0 Å². The lowest BCUT2D eigenvalue weighted by atomic mass is 9.70. The van der Waals surface area contributed by atoms with Gasteiger partial charge in [-0.2, -0.15) is 0 Å². The number of hydrogen-bond donors (Lipinski definition) is 0. The maximum atomic E-state index is 6.74. The molecular formula is C31H51ClO. The van der Waals surface area contributed by atoms with Crippen molar-refractivity contribution in [1.29, 1.82) is 0 Å². The van der Waals surface area contributed by atoms with Gasteiger partial charge in [0.05, 0.1) is 6.61 Å². The average Bonchev–Trinajstić information content (AvgIpc) is 2.84. The molecule has 0 amide bonds. The first-order chi connectivity index (χ1) is 16.0. The molecule has 1 nitrogen and oxygen atoms in total. The van der Waals surface area contributed by atoms with Crippen molar-refractivity contribution in [1.82, 2.24) is 0 Å². The predicted octanol–water partition coefficient (Wildman–Crippen LogP) is 10.5. The van der Waals surface area contributed by atoms with Crippen LogP contribution in [-0.4, -0.2) is 6.61 Å². The summed E-state index contributed by atoms with van der Waals surface area (Å²) in [6.07, 6.45) is 18.6. The molecule has 0 saturated carbocycles. The highest BCUT2D eigenvalue weighted by Gasteiger charge is 2.33. The van der Waals surface area contributed by atoms with Crippen molar-refractivity contribution in [2.45, 2.75) is 142 Å². The van der Waals surface area contributed by atoms with Crippen molar-refractivity contribution in [2.75, 3.05) is 6.61 Å². The maximum Gasteiger partial charge on any atom is 0.126 e. The van der Waals surface area contributed by atoms with E-state index in [9.17, 15) is 0 Å². The summed E-state index contributed by atoms with van der Waals surface area (Å²) in [5.74, 6) is 1.77. The van der Waals surface area contributed by atoms with Gasteiger partial charge in [0.1, 0.15) is 5.75 Å². The third kappa shape index (κ3) is 8.05. The molecule has 1 aromatic carbocycles. The highest BCUT2D eigenvalue weighted by atomic mass is 35.5. The van der Waals surface area contributed by atoms with Crippen molar-refractivity contribution in [3.8, 4) is 5.75 Å². The van der Waals surface area contributed by atoms with Crippen LogP contribution in [0.5, 0.6) is 5.75 Å². The molecule has 33 heavy (non-hydrogen) atoms. The number of benzene rings is 1. The second-order valence-corrected chi connectivity index (χ2v) is 10.6. The topological polar surface area (TPSA) is 9.23 Å². The van der Waals surface area contributed by atoms with E-state index in [1.165, 1.54) is 86.6 Å². The first-order valence-corrected chi connectivity index (χ1v) is 14.6. The summed E-state index contributed by atoms with van der Waals surface area (Å²) in [6.45, 7) is 12.5. The molecule has 2 bridgehead atoms. The summed E-state index contributed by atoms with van der Waals surface area (Å²) in [5.41, 5.74) is 7.45. The summed E-state index contributed by atoms with van der Waals surface area (Å²) in [6, 6.07) is 4.75. The van der Waals surface area contributed by atoms with Crippen molar-refractivity contribution in [2.24, 2.45) is 0 Å². The van der Waals surface area contributed by atoms with Crippen molar-refractivity contribution in [3.05, 3.63) is 40.0 Å². The molecular weight excluding hydrogens is 424 g/mol. The van der Waals surface area contributed by atoms with Gasteiger partial charge in [-0.05, 0) is 74.8 Å². The molecule has 0 unspecified atom stereocenters. The lowest BCUT2D eigenvalue weighted by molar-refractivity contribution is 0.277. The Balaban J connectivity index is 2.60. The third-order valence-corrected chi connectivity index (χ3v) is 8.50. The minimum atomic E-state index is 0.185. The smallest absolute Gasteiger partial charge is 0.126 e. The lowest BCUT2D eigenvalue weighted by Crippen LogP contribution is -2.26. The SMILES string of the molecule is CCCCCCOc1c2cc(CCl)cc1C(CC)(CC)CCCCCCC/C(C)=C(/CC)C2. The molecule has 0 spiro atoms. The molecule has 0 radical (unpaired) electrons. The fourth-order valence-electron chi connectivity index (χ4n) is 5.72. The Morgan fingerprint density at radius 2 is 1.64 bits per heavy atom. The van der Waals surface area contributed by atoms with Crippen LogP contribution in [-0.2, 0) is 17.7 Å². The second kappa shape index (κ2) is 15.1. The van der Waals surface area contributed by atoms with Gasteiger partial charge in [-0.15, -0.1) is 11.6 Å². The van der Waals surface area contributed by atoms with Gasteiger partial charge in [-0.25, -0.2) is 0 Å². The summed E-state index contributed by atoms with van der Waals surface area (Å²) in [5, 5.41) is 0. The van der Waals surface area contributed by atoms with Crippen molar-refractivity contribution >= 4 is 11.6 Å². The van der Waals surface area contributed by atoms with Crippen LogP contribution in [0.2, 0.25) is 0 Å². The Morgan fingerprint density at radius 1 is 0.909 bits per heavy atom. The number of hydrogen-bond acceptors (Lipinski definition) is 1. The van der Waals surface area contributed by atoms with Crippen LogP contribution in [0.15, 0.2) is 23.3 Å². The van der Waals surface area contributed by atoms with E-state index in [1.807, 2.05) is 0 Å². The fraction of sp³-hybridized carbons (Fsp3) is 0.742. The van der Waals surface area contributed by atoms with E-state index in [-0.39, 0.29) is 5.41 Å². The van der Waals surface area contributed by atoms with Gasteiger partial charge in [0.15, 0.2) is 0 Å². The van der Waals surface area contributed by atoms with Crippen LogP contribution in [0.4, 0.5) is 0 Å². The molecule has 0 fully saturated rings. The minimum absolute atomic E-state index is 0.185. The number of ether oxygens (including phenoxy) is 1. The van der Waals surface area contributed by atoms with Crippen molar-refractivity contribution < 1.29 is 4.74 Å². The zero-order chi connectivity index (χ0) is 24.1. The number of fused-ring (bicyclic) bond motifs is 2. The van der Waals surface area contributed by atoms with Gasteiger partial charge in [0, 0.05) is 11.4 Å². The van der Waals surface area contributed by atoms with Crippen LogP contribution >= 0.6 is 11.6 Å². The van der Waals surface area contributed by atoms with Gasteiger partial charge < -0.3 is 4.74 Å². The molecule has 0 aliphatic heterocycles. The third-order valence-electron chi connectivity index (χ3n) is 8.19. The van der Waals surface area contributed by atoms with E-state index in [4.69, 9.17) is 16.3 Å². The number of rotatable bonds is 10. The van der Waals surface area contributed by atoms with Crippen molar-refractivity contribution in [3.63, 3.8) is 0 Å². The number of allylic oxidation sites excluding steroid dienone is 2. The molecule has 0 saturated heterocycles. The van der Waals surface area contributed by atoms with E-state index >= 15 is 0 Å². The largest absolute Gasteiger partial charge is 0.493 e. The molecule has 0 atom stereocenters. The Labute approximate surface area is 210 Å². The summed E-state index contributed by atoms with van der Waals surface area (Å²) in [4.78, 5) is 0. The molecule has 1 aliphatic rings. The molecule has 1 aromatic rings. The van der Waals surface area contributed by atoms with E-state index in [0.29, 0.717) is 5.88 Å². The van der Waals surface area contributed by atoms with E-state index < -0.39 is 0 Å². The molecule has 2 rings (SSSR count). The van der Waals surface area contributed by atoms with E-state index in [0.717, 1.165) is 38.7 Å². The van der Waals surface area contributed by atoms with Crippen LogP contribution in [0, 0.1) is 0 Å². The predicted molar refractivity (Wildman–Crippen MR) is 147 cm³/mol. The Morgan fingerprint density at radius 3 is 2.30 bits per heavy atom. The molecule has 0 aromatic heterocycles. The molecule has 2 heteroatoms. The van der Waals surface area contributed by atoms with Crippen LogP contribution in [0.25, 0.3) is 0 Å². The van der Waals surface area contributed by atoms with Gasteiger partial charge in [0.25, 0.3) is 0 Å². The van der Waals surface area contributed by atoms with Crippen LogP contribution < -0.4 is 4.74 Å². The normalized spacial score (nSPS) is 19.8. The zero-order valence-corrected chi connectivity index (χ0v) is 23.2. The monoisotopic (exact) mass is 474 g/mol. The number of unbranched alkanes of at least 4 members (excludes halogenated alkanes) is 3. The standard InChI is InChI=1S/C31H51ClO/c1-6-10-11-17-20-33-30-28-21-26(24-32)22-29(30)31(8-3,9-4)19-16-14-12-13-15-18-25(5)27(7-2)23-28/h21-22H,6-20,23-24H2,1-5H3/b27-25-. The van der Waals surface area contributed by atoms with E-state index in [2.05, 4.69) is 46.8 Å². The van der Waals surface area contributed by atoms with Gasteiger partial charge in [0.2, 0.25) is 0 Å². The fourth-order valence-corrected chi connectivity index (χ4v) is 5.87. The first-order valence-electron chi connectivity index (χ1n) is 14.1. The Kier molecular flexibility index (Phi) is 13.0. The number of alkyl halides is 1. The maximum absolute atomic E-state index is 6.74. The van der Waals surface area contributed by atoms with Crippen LogP contribution in [0.1, 0.15) is 141 Å². The Hall–Kier alpha value is -0.950. The van der Waals surface area contributed by atoms with Crippen LogP contribution in [0.3, 0.4) is 0 Å². The second-order valence-electron chi connectivity index (χ2n) is 10.3. The first kappa shape index (κ1) is 28.3. The molecule has 188 valence electrons. The lowest BCUT2D eigenvalue weighted by Gasteiger charge is -2.36. The zero-order valence-electron chi connectivity index (χ0n) is 22.5. The van der Waals surface area contributed by atoms with Gasteiger partial charge in [-0.1, -0.05) is 95.9 Å².